The van der Waals surface area contributed by atoms with Crippen molar-refractivity contribution < 1.29 is 4.79 Å². The molecule has 1 saturated heterocycles. The SMILES string of the molecule is Cc1cc(C(=O)Cc2cc3cc(-c4cnn(C)c4)cnc3cn2)cc(N2CCN(C)CC2)n1. The summed E-state index contributed by atoms with van der Waals surface area (Å²) in [7, 11) is 4.02. The molecule has 0 unspecified atom stereocenters. The summed E-state index contributed by atoms with van der Waals surface area (Å²) in [6.07, 6.45) is 7.57. The molecule has 0 radical (unpaired) electrons. The number of hydrogen-bond acceptors (Lipinski definition) is 7. The van der Waals surface area contributed by atoms with Crippen LogP contribution in [-0.2, 0) is 13.5 Å². The summed E-state index contributed by atoms with van der Waals surface area (Å²) < 4.78 is 1.77. The van der Waals surface area contributed by atoms with E-state index in [1.807, 2.05) is 50.8 Å². The Morgan fingerprint density at radius 3 is 2.52 bits per heavy atom. The highest BCUT2D eigenvalue weighted by molar-refractivity contribution is 5.98. The minimum atomic E-state index is 0.0408. The number of fused-ring (bicyclic) bond motifs is 1. The molecule has 1 aliphatic rings. The molecule has 0 aliphatic carbocycles. The van der Waals surface area contributed by atoms with Crippen LogP contribution in [0.15, 0.2) is 49.1 Å². The number of hydrogen-bond donors (Lipinski definition) is 0. The van der Waals surface area contributed by atoms with Crippen LogP contribution in [0.25, 0.3) is 22.0 Å². The quantitative estimate of drug-likeness (QED) is 0.441. The molecule has 0 aromatic carbocycles. The molecular formula is C25H27N7O. The monoisotopic (exact) mass is 441 g/mol. The van der Waals surface area contributed by atoms with Gasteiger partial charge in [0.25, 0.3) is 0 Å². The van der Waals surface area contributed by atoms with Gasteiger partial charge in [0.15, 0.2) is 5.78 Å². The van der Waals surface area contributed by atoms with Gasteiger partial charge in [0.1, 0.15) is 5.82 Å². The molecule has 168 valence electrons. The fourth-order valence-corrected chi connectivity index (χ4v) is 4.18. The number of pyridine rings is 3. The Labute approximate surface area is 192 Å². The van der Waals surface area contributed by atoms with Crippen molar-refractivity contribution in [3.8, 4) is 11.1 Å². The Hall–Kier alpha value is -3.65. The Balaban J connectivity index is 1.38. The van der Waals surface area contributed by atoms with Gasteiger partial charge >= 0.3 is 0 Å². The van der Waals surface area contributed by atoms with Gasteiger partial charge in [-0.3, -0.25) is 19.4 Å². The lowest BCUT2D eigenvalue weighted by molar-refractivity contribution is 0.0992. The number of nitrogens with zero attached hydrogens (tertiary/aromatic N) is 7. The number of likely N-dealkylation sites (N-methyl/N-ethyl adjacent to an activating group) is 1. The second-order valence-electron chi connectivity index (χ2n) is 8.74. The molecular weight excluding hydrogens is 414 g/mol. The van der Waals surface area contributed by atoms with E-state index in [2.05, 4.69) is 43.0 Å². The zero-order chi connectivity index (χ0) is 22.9. The third-order valence-electron chi connectivity index (χ3n) is 6.09. The minimum Gasteiger partial charge on any atom is -0.354 e. The predicted molar refractivity (Wildman–Crippen MR) is 128 cm³/mol. The summed E-state index contributed by atoms with van der Waals surface area (Å²) in [5.41, 5.74) is 5.06. The standard InChI is InChI=1S/C25H27N7O/c1-17-8-19(11-25(29-17)32-6-4-30(2)5-7-32)24(33)12-22-10-18-9-20(13-27-23(18)15-26-22)21-14-28-31(3)16-21/h8-11,13-16H,4-7,12H2,1-3H3. The second kappa shape index (κ2) is 8.71. The van der Waals surface area contributed by atoms with E-state index in [0.717, 1.165) is 65.4 Å². The lowest BCUT2D eigenvalue weighted by Gasteiger charge is -2.33. The molecule has 33 heavy (non-hydrogen) atoms. The zero-order valence-corrected chi connectivity index (χ0v) is 19.2. The van der Waals surface area contributed by atoms with Gasteiger partial charge in [-0.15, -0.1) is 0 Å². The highest BCUT2D eigenvalue weighted by Crippen LogP contribution is 2.23. The number of piperazine rings is 1. The van der Waals surface area contributed by atoms with Crippen LogP contribution >= 0.6 is 0 Å². The molecule has 5 heterocycles. The number of Topliss-reactive ketones (excluding diaryl/α,β-unsaturated/α-hetero) is 1. The predicted octanol–water partition coefficient (Wildman–Crippen LogP) is 2.91. The zero-order valence-electron chi connectivity index (χ0n) is 19.2. The maximum absolute atomic E-state index is 13.2. The number of rotatable bonds is 5. The fraction of sp³-hybridized carbons (Fsp3) is 0.320. The van der Waals surface area contributed by atoms with E-state index in [0.29, 0.717) is 5.56 Å². The van der Waals surface area contributed by atoms with Crippen molar-refractivity contribution in [2.24, 2.45) is 7.05 Å². The molecule has 8 nitrogen and oxygen atoms in total. The van der Waals surface area contributed by atoms with Crippen LogP contribution < -0.4 is 4.90 Å². The van der Waals surface area contributed by atoms with E-state index in [4.69, 9.17) is 0 Å². The number of anilines is 1. The van der Waals surface area contributed by atoms with Crippen LogP contribution in [0.2, 0.25) is 0 Å². The van der Waals surface area contributed by atoms with E-state index >= 15 is 0 Å². The Bertz CT molecular complexity index is 1320. The first-order valence-electron chi connectivity index (χ1n) is 11.1. The lowest BCUT2D eigenvalue weighted by Crippen LogP contribution is -2.44. The molecule has 8 heteroatoms. The summed E-state index contributed by atoms with van der Waals surface area (Å²) in [5.74, 6) is 0.919. The van der Waals surface area contributed by atoms with Crippen LogP contribution in [0.4, 0.5) is 5.82 Å². The lowest BCUT2D eigenvalue weighted by atomic mass is 10.0. The minimum absolute atomic E-state index is 0.0408. The fourth-order valence-electron chi connectivity index (χ4n) is 4.18. The number of carbonyl (C=O) groups is 1. The molecule has 0 amide bonds. The number of aryl methyl sites for hydroxylation is 2. The number of carbonyl (C=O) groups excluding carboxylic acids is 1. The molecule has 0 spiro atoms. The summed E-state index contributed by atoms with van der Waals surface area (Å²) in [4.78, 5) is 31.4. The molecule has 0 saturated carbocycles. The third-order valence-corrected chi connectivity index (χ3v) is 6.09. The van der Waals surface area contributed by atoms with Crippen LogP contribution in [0, 0.1) is 6.92 Å². The molecule has 0 N–H and O–H groups in total. The molecule has 1 fully saturated rings. The van der Waals surface area contributed by atoms with E-state index in [9.17, 15) is 4.79 Å². The van der Waals surface area contributed by atoms with Crippen LogP contribution in [0.1, 0.15) is 21.7 Å². The van der Waals surface area contributed by atoms with Gasteiger partial charge in [-0.25, -0.2) is 4.98 Å². The first kappa shape index (κ1) is 21.2. The molecule has 4 aromatic heterocycles. The van der Waals surface area contributed by atoms with Crippen molar-refractivity contribution >= 4 is 22.5 Å². The summed E-state index contributed by atoms with van der Waals surface area (Å²) in [6.45, 7) is 5.76. The van der Waals surface area contributed by atoms with Gasteiger partial charge in [0.2, 0.25) is 0 Å². The molecule has 5 rings (SSSR count). The van der Waals surface area contributed by atoms with Crippen LogP contribution in [-0.4, -0.2) is 68.6 Å². The molecule has 4 aromatic rings. The van der Waals surface area contributed by atoms with E-state index < -0.39 is 0 Å². The normalized spacial score (nSPS) is 14.7. The Kier molecular flexibility index (Phi) is 5.60. The van der Waals surface area contributed by atoms with Crippen molar-refractivity contribution in [3.63, 3.8) is 0 Å². The van der Waals surface area contributed by atoms with E-state index in [1.54, 1.807) is 10.9 Å². The van der Waals surface area contributed by atoms with Crippen molar-refractivity contribution in [3.05, 3.63) is 66.0 Å². The van der Waals surface area contributed by atoms with E-state index in [-0.39, 0.29) is 12.2 Å². The van der Waals surface area contributed by atoms with Gasteiger partial charge in [-0.05, 0) is 38.2 Å². The summed E-state index contributed by atoms with van der Waals surface area (Å²) in [5, 5.41) is 5.19. The molecule has 0 bridgehead atoms. The average molecular weight is 442 g/mol. The Morgan fingerprint density at radius 1 is 0.939 bits per heavy atom. The van der Waals surface area contributed by atoms with Gasteiger partial charge in [-0.2, -0.15) is 5.10 Å². The van der Waals surface area contributed by atoms with Crippen LogP contribution in [0.3, 0.4) is 0 Å². The second-order valence-corrected chi connectivity index (χ2v) is 8.74. The van der Waals surface area contributed by atoms with Crippen LogP contribution in [0.5, 0.6) is 0 Å². The first-order chi connectivity index (χ1) is 15.9. The van der Waals surface area contributed by atoms with Crippen molar-refractivity contribution in [1.29, 1.82) is 0 Å². The Morgan fingerprint density at radius 2 is 1.76 bits per heavy atom. The highest BCUT2D eigenvalue weighted by atomic mass is 16.1. The molecule has 1 aliphatic heterocycles. The number of aromatic nitrogens is 5. The largest absolute Gasteiger partial charge is 0.354 e. The van der Waals surface area contributed by atoms with Crippen molar-refractivity contribution in [1.82, 2.24) is 29.6 Å². The topological polar surface area (TPSA) is 80.0 Å². The van der Waals surface area contributed by atoms with Gasteiger partial charge < -0.3 is 9.80 Å². The number of ketones is 1. The van der Waals surface area contributed by atoms with Gasteiger partial charge in [0, 0.05) is 79.1 Å². The first-order valence-corrected chi connectivity index (χ1v) is 11.1. The molecule has 0 atom stereocenters. The van der Waals surface area contributed by atoms with Gasteiger partial charge in [0.05, 0.1) is 24.3 Å². The highest BCUT2D eigenvalue weighted by Gasteiger charge is 2.18. The van der Waals surface area contributed by atoms with Gasteiger partial charge in [-0.1, -0.05) is 0 Å². The van der Waals surface area contributed by atoms with Crippen molar-refractivity contribution in [2.75, 3.05) is 38.1 Å². The average Bonchev–Trinajstić information content (AvgIpc) is 3.25. The maximum Gasteiger partial charge on any atom is 0.169 e. The summed E-state index contributed by atoms with van der Waals surface area (Å²) >= 11 is 0. The smallest absolute Gasteiger partial charge is 0.169 e. The van der Waals surface area contributed by atoms with Crippen molar-refractivity contribution in [2.45, 2.75) is 13.3 Å². The summed E-state index contributed by atoms with van der Waals surface area (Å²) in [6, 6.07) is 7.81. The maximum atomic E-state index is 13.2. The van der Waals surface area contributed by atoms with E-state index in [1.165, 1.54) is 0 Å². The third kappa shape index (κ3) is 4.61.